The third-order valence-electron chi connectivity index (χ3n) is 5.56. The second-order valence-corrected chi connectivity index (χ2v) is 6.74. The van der Waals surface area contributed by atoms with Crippen LogP contribution in [0.1, 0.15) is 58.8 Å². The number of ether oxygens (including phenoxy) is 1. The van der Waals surface area contributed by atoms with Crippen molar-refractivity contribution < 1.29 is 9.53 Å². The number of hydrogen-bond donors (Lipinski definition) is 1. The molecule has 2 rings (SSSR count). The van der Waals surface area contributed by atoms with E-state index in [4.69, 9.17) is 4.74 Å². The van der Waals surface area contributed by atoms with Crippen LogP contribution < -0.4 is 5.32 Å². The monoisotopic (exact) mass is 296 g/mol. The molecule has 0 aromatic rings. The molecule has 4 heteroatoms. The largest absolute Gasteiger partial charge is 0.468 e. The van der Waals surface area contributed by atoms with Crippen molar-refractivity contribution in [3.63, 3.8) is 0 Å². The number of carbonyl (C=O) groups is 1. The van der Waals surface area contributed by atoms with Crippen molar-refractivity contribution in [2.24, 2.45) is 5.92 Å². The summed E-state index contributed by atoms with van der Waals surface area (Å²) in [5.41, 5.74) is -0.450. The van der Waals surface area contributed by atoms with Crippen LogP contribution >= 0.6 is 0 Å². The van der Waals surface area contributed by atoms with E-state index in [1.54, 1.807) is 0 Å². The molecule has 2 unspecified atom stereocenters. The van der Waals surface area contributed by atoms with Crippen molar-refractivity contribution in [1.29, 1.82) is 0 Å². The number of hydrogen-bond acceptors (Lipinski definition) is 4. The van der Waals surface area contributed by atoms with Gasteiger partial charge in [-0.25, -0.2) is 0 Å². The first-order chi connectivity index (χ1) is 10.1. The van der Waals surface area contributed by atoms with E-state index in [-0.39, 0.29) is 5.97 Å². The number of nitrogens with one attached hydrogen (secondary N) is 1. The normalized spacial score (nSPS) is 32.0. The molecule has 1 N–H and O–H groups in total. The van der Waals surface area contributed by atoms with Crippen LogP contribution in [0.4, 0.5) is 0 Å². The number of nitrogens with zero attached hydrogens (tertiary/aromatic N) is 1. The molecule has 0 aromatic carbocycles. The minimum Gasteiger partial charge on any atom is -0.468 e. The SMILES string of the molecule is CCNC1(C(=O)OC)CCCC(N2CCC(CC)CC2)C1. The Bertz CT molecular complexity index is 336. The summed E-state index contributed by atoms with van der Waals surface area (Å²) in [6.45, 7) is 7.59. The highest BCUT2D eigenvalue weighted by atomic mass is 16.5. The fraction of sp³-hybridized carbons (Fsp3) is 0.941. The number of piperidine rings is 1. The minimum atomic E-state index is -0.450. The van der Waals surface area contributed by atoms with Gasteiger partial charge < -0.3 is 15.0 Å². The van der Waals surface area contributed by atoms with Crippen LogP contribution in [-0.2, 0) is 9.53 Å². The number of carbonyl (C=O) groups excluding carboxylic acids is 1. The number of rotatable bonds is 5. The van der Waals surface area contributed by atoms with Crippen molar-refractivity contribution in [3.8, 4) is 0 Å². The van der Waals surface area contributed by atoms with Crippen molar-refractivity contribution in [1.82, 2.24) is 10.2 Å². The first-order valence-corrected chi connectivity index (χ1v) is 8.72. The summed E-state index contributed by atoms with van der Waals surface area (Å²) in [6.07, 6.45) is 8.10. The van der Waals surface area contributed by atoms with Crippen LogP contribution in [0.3, 0.4) is 0 Å². The Morgan fingerprint density at radius 3 is 2.57 bits per heavy atom. The van der Waals surface area contributed by atoms with Gasteiger partial charge in [0.25, 0.3) is 0 Å². The Morgan fingerprint density at radius 1 is 1.29 bits per heavy atom. The fourth-order valence-corrected chi connectivity index (χ4v) is 4.24. The highest BCUT2D eigenvalue weighted by Crippen LogP contribution is 2.34. The minimum absolute atomic E-state index is 0.0718. The van der Waals surface area contributed by atoms with E-state index >= 15 is 0 Å². The van der Waals surface area contributed by atoms with Crippen LogP contribution in [0.25, 0.3) is 0 Å². The zero-order chi connectivity index (χ0) is 15.3. The molecule has 1 saturated heterocycles. The second-order valence-electron chi connectivity index (χ2n) is 6.74. The van der Waals surface area contributed by atoms with Gasteiger partial charge in [0.15, 0.2) is 0 Å². The van der Waals surface area contributed by atoms with Gasteiger partial charge >= 0.3 is 5.97 Å². The summed E-state index contributed by atoms with van der Waals surface area (Å²) >= 11 is 0. The summed E-state index contributed by atoms with van der Waals surface area (Å²) in [5, 5.41) is 3.44. The molecule has 1 aliphatic heterocycles. The first kappa shape index (κ1) is 16.8. The van der Waals surface area contributed by atoms with E-state index in [9.17, 15) is 4.79 Å². The Kier molecular flexibility index (Phi) is 6.06. The number of likely N-dealkylation sites (N-methyl/N-ethyl adjacent to an activating group) is 1. The number of methoxy groups -OCH3 is 1. The summed E-state index contributed by atoms with van der Waals surface area (Å²) in [6, 6.07) is 0.537. The van der Waals surface area contributed by atoms with Gasteiger partial charge in [0.2, 0.25) is 0 Å². The van der Waals surface area contributed by atoms with Crippen LogP contribution in [0.15, 0.2) is 0 Å². The maximum Gasteiger partial charge on any atom is 0.326 e. The zero-order valence-corrected chi connectivity index (χ0v) is 14.0. The molecule has 0 bridgehead atoms. The summed E-state index contributed by atoms with van der Waals surface area (Å²) in [4.78, 5) is 14.9. The van der Waals surface area contributed by atoms with Crippen molar-refractivity contribution in [3.05, 3.63) is 0 Å². The predicted molar refractivity (Wildman–Crippen MR) is 85.3 cm³/mol. The van der Waals surface area contributed by atoms with Crippen LogP contribution in [0.2, 0.25) is 0 Å². The number of esters is 1. The molecule has 0 radical (unpaired) electrons. The molecule has 1 heterocycles. The first-order valence-electron chi connectivity index (χ1n) is 8.72. The smallest absolute Gasteiger partial charge is 0.326 e. The molecule has 2 fully saturated rings. The van der Waals surface area contributed by atoms with E-state index < -0.39 is 5.54 Å². The molecule has 0 spiro atoms. The van der Waals surface area contributed by atoms with Gasteiger partial charge in [0, 0.05) is 6.04 Å². The zero-order valence-electron chi connectivity index (χ0n) is 14.0. The molecule has 21 heavy (non-hydrogen) atoms. The highest BCUT2D eigenvalue weighted by molar-refractivity contribution is 5.81. The van der Waals surface area contributed by atoms with Crippen molar-refractivity contribution in [2.75, 3.05) is 26.7 Å². The summed E-state index contributed by atoms with van der Waals surface area (Å²) in [7, 11) is 1.51. The van der Waals surface area contributed by atoms with Gasteiger partial charge in [-0.1, -0.05) is 20.3 Å². The Hall–Kier alpha value is -0.610. The Balaban J connectivity index is 2.00. The molecular weight excluding hydrogens is 264 g/mol. The topological polar surface area (TPSA) is 41.6 Å². The lowest BCUT2D eigenvalue weighted by Gasteiger charge is -2.45. The maximum absolute atomic E-state index is 12.3. The average Bonchev–Trinajstić information content (AvgIpc) is 2.54. The van der Waals surface area contributed by atoms with Gasteiger partial charge in [-0.2, -0.15) is 0 Å². The summed E-state index contributed by atoms with van der Waals surface area (Å²) in [5.74, 6) is 0.835. The Morgan fingerprint density at radius 2 is 2.00 bits per heavy atom. The van der Waals surface area contributed by atoms with Gasteiger partial charge in [0.05, 0.1) is 7.11 Å². The average molecular weight is 296 g/mol. The molecule has 1 saturated carbocycles. The van der Waals surface area contributed by atoms with E-state index in [0.29, 0.717) is 6.04 Å². The standard InChI is InChI=1S/C17H32N2O2/c1-4-14-8-11-19(12-9-14)15-7-6-10-17(13-15,18-5-2)16(20)21-3/h14-15,18H,4-13H2,1-3H3. The van der Waals surface area contributed by atoms with Crippen LogP contribution in [0, 0.1) is 5.92 Å². The van der Waals surface area contributed by atoms with E-state index in [2.05, 4.69) is 24.1 Å². The molecule has 0 aromatic heterocycles. The van der Waals surface area contributed by atoms with Gasteiger partial charge in [-0.05, 0) is 64.1 Å². The van der Waals surface area contributed by atoms with Crippen LogP contribution in [0.5, 0.6) is 0 Å². The number of likely N-dealkylation sites (tertiary alicyclic amines) is 1. The van der Waals surface area contributed by atoms with Gasteiger partial charge in [-0.15, -0.1) is 0 Å². The Labute approximate surface area is 129 Å². The quantitative estimate of drug-likeness (QED) is 0.792. The molecular formula is C17H32N2O2. The lowest BCUT2D eigenvalue weighted by Crippen LogP contribution is -2.59. The van der Waals surface area contributed by atoms with E-state index in [0.717, 1.165) is 31.7 Å². The molecule has 122 valence electrons. The lowest BCUT2D eigenvalue weighted by atomic mass is 9.77. The summed E-state index contributed by atoms with van der Waals surface area (Å²) < 4.78 is 5.10. The molecule has 4 nitrogen and oxygen atoms in total. The third-order valence-corrected chi connectivity index (χ3v) is 5.56. The molecule has 1 aliphatic carbocycles. The molecule has 0 amide bonds. The second kappa shape index (κ2) is 7.59. The van der Waals surface area contributed by atoms with Crippen molar-refractivity contribution in [2.45, 2.75) is 70.4 Å². The van der Waals surface area contributed by atoms with Gasteiger partial charge in [0.1, 0.15) is 5.54 Å². The van der Waals surface area contributed by atoms with Crippen LogP contribution in [-0.4, -0.2) is 49.2 Å². The lowest BCUT2D eigenvalue weighted by molar-refractivity contribution is -0.151. The fourth-order valence-electron chi connectivity index (χ4n) is 4.24. The highest BCUT2D eigenvalue weighted by Gasteiger charge is 2.44. The third kappa shape index (κ3) is 3.78. The van der Waals surface area contributed by atoms with E-state index in [1.807, 2.05) is 0 Å². The molecule has 2 aliphatic rings. The predicted octanol–water partition coefficient (Wildman–Crippen LogP) is 2.57. The molecule has 2 atom stereocenters. The maximum atomic E-state index is 12.3. The van der Waals surface area contributed by atoms with E-state index in [1.165, 1.54) is 45.9 Å². The van der Waals surface area contributed by atoms with Crippen molar-refractivity contribution >= 4 is 5.97 Å². The van der Waals surface area contributed by atoms with Gasteiger partial charge in [-0.3, -0.25) is 4.79 Å².